The Hall–Kier alpha value is -1.55. The quantitative estimate of drug-likeness (QED) is 0.467. The van der Waals surface area contributed by atoms with Crippen LogP contribution in [0.2, 0.25) is 0 Å². The Bertz CT molecular complexity index is 502. The van der Waals surface area contributed by atoms with Crippen LogP contribution in [0.1, 0.15) is 69.9 Å². The number of unbranched alkanes of at least 4 members (excludes halogenated alkanes) is 5. The molecule has 4 heteroatoms. The van der Waals surface area contributed by atoms with Gasteiger partial charge in [0.15, 0.2) is 0 Å². The molecule has 0 aliphatic heterocycles. The normalized spacial score (nSPS) is 12.1. The number of carboxylic acids is 1. The second-order valence-electron chi connectivity index (χ2n) is 6.92. The zero-order valence-corrected chi connectivity index (χ0v) is 16.1. The Kier molecular flexibility index (Phi) is 11.0. The van der Waals surface area contributed by atoms with Gasteiger partial charge < -0.3 is 15.2 Å². The van der Waals surface area contributed by atoms with Crippen molar-refractivity contribution in [2.75, 3.05) is 13.2 Å². The van der Waals surface area contributed by atoms with E-state index in [1.807, 2.05) is 6.07 Å². The molecule has 0 bridgehead atoms. The van der Waals surface area contributed by atoms with E-state index in [0.29, 0.717) is 13.0 Å². The van der Waals surface area contributed by atoms with Crippen LogP contribution in [0, 0.1) is 12.8 Å². The maximum Gasteiger partial charge on any atom is 0.306 e. The maximum atomic E-state index is 10.8. The third-order valence-corrected chi connectivity index (χ3v) is 4.50. The van der Waals surface area contributed by atoms with E-state index in [-0.39, 0.29) is 5.92 Å². The molecule has 1 aromatic rings. The number of aliphatic carboxylic acids is 1. The molecule has 1 unspecified atom stereocenters. The number of benzene rings is 1. The summed E-state index contributed by atoms with van der Waals surface area (Å²) in [4.78, 5) is 10.8. The highest BCUT2D eigenvalue weighted by Crippen LogP contribution is 2.19. The molecule has 4 nitrogen and oxygen atoms in total. The lowest BCUT2D eigenvalue weighted by atomic mass is 10.1. The second-order valence-corrected chi connectivity index (χ2v) is 6.92. The zero-order valence-electron chi connectivity index (χ0n) is 16.1. The molecule has 1 atom stereocenters. The standard InChI is InChI=1S/C21H35NO3/c1-4-5-6-7-8-9-14-25-20-11-10-19(15-18(20)3)16-22-13-12-17(2)21(23)24/h10-11,15,17,22H,4-9,12-14,16H2,1-3H3,(H,23,24). The first-order valence-electron chi connectivity index (χ1n) is 9.70. The molecule has 1 aromatic carbocycles. The minimum absolute atomic E-state index is 0.299. The molecule has 2 N–H and O–H groups in total. The number of hydrogen-bond acceptors (Lipinski definition) is 3. The molecule has 1 rings (SSSR count). The number of carboxylic acid groups (broad SMARTS) is 1. The van der Waals surface area contributed by atoms with Crippen LogP contribution in [-0.4, -0.2) is 24.2 Å². The van der Waals surface area contributed by atoms with Gasteiger partial charge in [-0.25, -0.2) is 0 Å². The van der Waals surface area contributed by atoms with E-state index in [1.165, 1.54) is 37.7 Å². The molecule has 0 spiro atoms. The summed E-state index contributed by atoms with van der Waals surface area (Å²) in [6.07, 6.45) is 8.28. The lowest BCUT2D eigenvalue weighted by Gasteiger charge is -2.12. The van der Waals surface area contributed by atoms with Crippen LogP contribution in [0.5, 0.6) is 5.75 Å². The summed E-state index contributed by atoms with van der Waals surface area (Å²) >= 11 is 0. The fraction of sp³-hybridized carbons (Fsp3) is 0.667. The Morgan fingerprint density at radius 3 is 2.60 bits per heavy atom. The molecule has 0 aromatic heterocycles. The van der Waals surface area contributed by atoms with Crippen molar-refractivity contribution < 1.29 is 14.6 Å². The average Bonchev–Trinajstić information content (AvgIpc) is 2.59. The smallest absolute Gasteiger partial charge is 0.306 e. The Morgan fingerprint density at radius 2 is 1.92 bits per heavy atom. The van der Waals surface area contributed by atoms with Crippen molar-refractivity contribution in [1.29, 1.82) is 0 Å². The summed E-state index contributed by atoms with van der Waals surface area (Å²) in [5.41, 5.74) is 2.36. The molecular formula is C21H35NO3. The molecule has 142 valence electrons. The second kappa shape index (κ2) is 12.8. The van der Waals surface area contributed by atoms with Gasteiger partial charge in [-0.1, -0.05) is 58.1 Å². The fourth-order valence-electron chi connectivity index (χ4n) is 2.72. The third-order valence-electron chi connectivity index (χ3n) is 4.50. The van der Waals surface area contributed by atoms with E-state index < -0.39 is 5.97 Å². The molecule has 0 saturated carbocycles. The van der Waals surface area contributed by atoms with Gasteiger partial charge in [0.2, 0.25) is 0 Å². The molecule has 0 aliphatic rings. The van der Waals surface area contributed by atoms with Gasteiger partial charge in [-0.15, -0.1) is 0 Å². The number of carbonyl (C=O) groups is 1. The molecule has 0 saturated heterocycles. The van der Waals surface area contributed by atoms with Crippen LogP contribution >= 0.6 is 0 Å². The Morgan fingerprint density at radius 1 is 1.20 bits per heavy atom. The van der Waals surface area contributed by atoms with E-state index >= 15 is 0 Å². The van der Waals surface area contributed by atoms with Crippen LogP contribution in [0.15, 0.2) is 18.2 Å². The number of ether oxygens (including phenoxy) is 1. The van der Waals surface area contributed by atoms with E-state index in [4.69, 9.17) is 9.84 Å². The number of hydrogen-bond donors (Lipinski definition) is 2. The third kappa shape index (κ3) is 9.49. The van der Waals surface area contributed by atoms with Crippen LogP contribution in [0.3, 0.4) is 0 Å². The number of rotatable bonds is 14. The first-order chi connectivity index (χ1) is 12.0. The van der Waals surface area contributed by atoms with Crippen molar-refractivity contribution in [2.24, 2.45) is 5.92 Å². The highest BCUT2D eigenvalue weighted by Gasteiger charge is 2.09. The SMILES string of the molecule is CCCCCCCCOc1ccc(CNCCC(C)C(=O)O)cc1C. The van der Waals surface area contributed by atoms with Gasteiger partial charge in [-0.2, -0.15) is 0 Å². The highest BCUT2D eigenvalue weighted by atomic mass is 16.5. The first-order valence-corrected chi connectivity index (χ1v) is 9.70. The van der Waals surface area contributed by atoms with Crippen LogP contribution in [0.4, 0.5) is 0 Å². The Balaban J connectivity index is 2.23. The monoisotopic (exact) mass is 349 g/mol. The minimum Gasteiger partial charge on any atom is -0.493 e. The molecule has 25 heavy (non-hydrogen) atoms. The minimum atomic E-state index is -0.732. The summed E-state index contributed by atoms with van der Waals surface area (Å²) in [6.45, 7) is 8.31. The van der Waals surface area contributed by atoms with Crippen LogP contribution < -0.4 is 10.1 Å². The summed E-state index contributed by atoms with van der Waals surface area (Å²) < 4.78 is 5.90. The molecule has 0 radical (unpaired) electrons. The van der Waals surface area contributed by atoms with Crippen molar-refractivity contribution in [3.63, 3.8) is 0 Å². The maximum absolute atomic E-state index is 10.8. The summed E-state index contributed by atoms with van der Waals surface area (Å²) in [6, 6.07) is 6.27. The van der Waals surface area contributed by atoms with Crippen LogP contribution in [-0.2, 0) is 11.3 Å². The molecule has 0 aliphatic carbocycles. The van der Waals surface area contributed by atoms with Crippen LogP contribution in [0.25, 0.3) is 0 Å². The van der Waals surface area contributed by atoms with Gasteiger partial charge in [0.05, 0.1) is 12.5 Å². The topological polar surface area (TPSA) is 58.6 Å². The van der Waals surface area contributed by atoms with Crippen molar-refractivity contribution >= 4 is 5.97 Å². The predicted octanol–water partition coefficient (Wildman–Crippen LogP) is 4.93. The Labute approximate surface area is 153 Å². The summed E-state index contributed by atoms with van der Waals surface area (Å²) in [5, 5.41) is 12.2. The van der Waals surface area contributed by atoms with Gasteiger partial charge in [0.25, 0.3) is 0 Å². The molecular weight excluding hydrogens is 314 g/mol. The average molecular weight is 350 g/mol. The largest absolute Gasteiger partial charge is 0.493 e. The zero-order chi connectivity index (χ0) is 18.5. The van der Waals surface area contributed by atoms with Gasteiger partial charge in [-0.3, -0.25) is 4.79 Å². The van der Waals surface area contributed by atoms with Crippen molar-refractivity contribution in [3.05, 3.63) is 29.3 Å². The molecule has 0 heterocycles. The first kappa shape index (κ1) is 21.5. The summed E-state index contributed by atoms with van der Waals surface area (Å²) in [5.74, 6) is -0.0618. The lowest BCUT2D eigenvalue weighted by Crippen LogP contribution is -2.20. The van der Waals surface area contributed by atoms with Gasteiger partial charge >= 0.3 is 5.97 Å². The molecule has 0 fully saturated rings. The summed E-state index contributed by atoms with van der Waals surface area (Å²) in [7, 11) is 0. The van der Waals surface area contributed by atoms with Crippen molar-refractivity contribution in [3.8, 4) is 5.75 Å². The van der Waals surface area contributed by atoms with Gasteiger partial charge in [0.1, 0.15) is 5.75 Å². The molecule has 0 amide bonds. The number of nitrogens with one attached hydrogen (secondary N) is 1. The van der Waals surface area contributed by atoms with Gasteiger partial charge in [0, 0.05) is 6.54 Å². The van der Waals surface area contributed by atoms with Crippen molar-refractivity contribution in [2.45, 2.75) is 72.3 Å². The van der Waals surface area contributed by atoms with Gasteiger partial charge in [-0.05, 0) is 43.5 Å². The fourth-order valence-corrected chi connectivity index (χ4v) is 2.72. The lowest BCUT2D eigenvalue weighted by molar-refractivity contribution is -0.141. The van der Waals surface area contributed by atoms with Crippen molar-refractivity contribution in [1.82, 2.24) is 5.32 Å². The van der Waals surface area contributed by atoms with E-state index in [1.54, 1.807) is 6.92 Å². The number of aryl methyl sites for hydroxylation is 1. The van der Waals surface area contributed by atoms with E-state index in [9.17, 15) is 4.79 Å². The van der Waals surface area contributed by atoms with E-state index in [2.05, 4.69) is 31.3 Å². The van der Waals surface area contributed by atoms with E-state index in [0.717, 1.165) is 30.9 Å². The predicted molar refractivity (Wildman–Crippen MR) is 103 cm³/mol. The highest BCUT2D eigenvalue weighted by molar-refractivity contribution is 5.69.